The van der Waals surface area contributed by atoms with Crippen molar-refractivity contribution in [2.24, 2.45) is 11.5 Å². The number of benzene rings is 2. The number of rotatable bonds is 3. The number of nitrogen functional groups attached to an aromatic ring is 2. The van der Waals surface area contributed by atoms with Crippen LogP contribution in [-0.2, 0) is 0 Å². The smallest absolute Gasteiger partial charge is 0.125 e. The summed E-state index contributed by atoms with van der Waals surface area (Å²) in [6.45, 7) is 0. The molecule has 3 aromatic rings. The van der Waals surface area contributed by atoms with Gasteiger partial charge in [-0.15, -0.1) is 0 Å². The highest BCUT2D eigenvalue weighted by Gasteiger charge is 2.10. The molecule has 0 saturated heterocycles. The Morgan fingerprint density at radius 2 is 1.55 bits per heavy atom. The van der Waals surface area contributed by atoms with Gasteiger partial charge in [0.1, 0.15) is 17.4 Å². The van der Waals surface area contributed by atoms with Gasteiger partial charge in [-0.05, 0) is 24.3 Å². The van der Waals surface area contributed by atoms with Gasteiger partial charge in [0.25, 0.3) is 0 Å². The molecule has 6 heteroatoms. The van der Waals surface area contributed by atoms with Crippen LogP contribution in [0.2, 0.25) is 0 Å². The molecule has 0 spiro atoms. The zero-order valence-electron chi connectivity index (χ0n) is 11.6. The first-order chi connectivity index (χ1) is 10.5. The highest BCUT2D eigenvalue weighted by molar-refractivity contribution is 6.00. The fourth-order valence-corrected chi connectivity index (χ4v) is 2.37. The average Bonchev–Trinajstić information content (AvgIpc) is 2.89. The van der Waals surface area contributed by atoms with Gasteiger partial charge in [0.2, 0.25) is 0 Å². The lowest BCUT2D eigenvalue weighted by atomic mass is 10.1. The van der Waals surface area contributed by atoms with Crippen molar-refractivity contribution >= 4 is 22.6 Å². The average molecular weight is 293 g/mol. The zero-order valence-corrected chi connectivity index (χ0v) is 11.6. The summed E-state index contributed by atoms with van der Waals surface area (Å²) < 4.78 is 0. The maximum Gasteiger partial charge on any atom is 0.125 e. The first kappa shape index (κ1) is 13.7. The van der Waals surface area contributed by atoms with Crippen LogP contribution in [0.15, 0.2) is 42.5 Å². The number of phenolic OH excluding ortho intramolecular Hbond substituents is 1. The van der Waals surface area contributed by atoms with E-state index in [1.54, 1.807) is 24.3 Å². The Kier molecular flexibility index (Phi) is 3.06. The van der Waals surface area contributed by atoms with Crippen LogP contribution in [0.3, 0.4) is 0 Å². The lowest BCUT2D eigenvalue weighted by Crippen LogP contribution is -2.10. The van der Waals surface area contributed by atoms with Gasteiger partial charge < -0.3 is 21.6 Å². The minimum atomic E-state index is -0.0930. The fourth-order valence-electron chi connectivity index (χ4n) is 2.37. The van der Waals surface area contributed by atoms with Gasteiger partial charge in [0.15, 0.2) is 0 Å². The summed E-state index contributed by atoms with van der Waals surface area (Å²) in [7, 11) is 0. The normalized spacial score (nSPS) is 10.7. The molecule has 8 N–H and O–H groups in total. The Hall–Kier alpha value is -3.28. The summed E-state index contributed by atoms with van der Waals surface area (Å²) >= 11 is 0. The van der Waals surface area contributed by atoms with Crippen molar-refractivity contribution < 1.29 is 5.11 Å². The molecule has 0 aliphatic rings. The summed E-state index contributed by atoms with van der Waals surface area (Å²) in [5, 5.41) is 25.9. The van der Waals surface area contributed by atoms with Crippen LogP contribution >= 0.6 is 0 Å². The number of nitrogens with one attached hydrogen (secondary N) is 3. The maximum absolute atomic E-state index is 10.1. The summed E-state index contributed by atoms with van der Waals surface area (Å²) in [5.41, 5.74) is 14.2. The second-order valence-corrected chi connectivity index (χ2v) is 5.04. The van der Waals surface area contributed by atoms with E-state index in [1.807, 2.05) is 12.1 Å². The lowest BCUT2D eigenvalue weighted by molar-refractivity contribution is 0.477. The molecule has 0 amide bonds. The van der Waals surface area contributed by atoms with Crippen LogP contribution in [0.5, 0.6) is 5.75 Å². The second kappa shape index (κ2) is 4.92. The Morgan fingerprint density at radius 3 is 2.18 bits per heavy atom. The van der Waals surface area contributed by atoms with Crippen LogP contribution in [0, 0.1) is 10.8 Å². The van der Waals surface area contributed by atoms with Crippen molar-refractivity contribution in [2.75, 3.05) is 0 Å². The number of nitrogens with two attached hydrogens (primary N) is 2. The maximum atomic E-state index is 10.1. The molecule has 0 aliphatic heterocycles. The SMILES string of the molecule is N=C(N)c1ccc(-c2cc3ccc(C(=N)N)cc3[nH]2)c(O)c1. The van der Waals surface area contributed by atoms with E-state index < -0.39 is 0 Å². The molecule has 110 valence electrons. The number of fused-ring (bicyclic) bond motifs is 1. The third-order valence-electron chi connectivity index (χ3n) is 3.53. The summed E-state index contributed by atoms with van der Waals surface area (Å²) in [6, 6.07) is 12.2. The van der Waals surface area contributed by atoms with Gasteiger partial charge in [-0.1, -0.05) is 18.2 Å². The molecule has 0 radical (unpaired) electrons. The Morgan fingerprint density at radius 1 is 0.909 bits per heavy atom. The van der Waals surface area contributed by atoms with E-state index in [1.165, 1.54) is 6.07 Å². The molecular formula is C16H15N5O. The van der Waals surface area contributed by atoms with Crippen LogP contribution in [0.4, 0.5) is 0 Å². The van der Waals surface area contributed by atoms with E-state index in [-0.39, 0.29) is 17.4 Å². The summed E-state index contributed by atoms with van der Waals surface area (Å²) in [4.78, 5) is 3.20. The van der Waals surface area contributed by atoms with E-state index >= 15 is 0 Å². The first-order valence-electron chi connectivity index (χ1n) is 6.60. The largest absolute Gasteiger partial charge is 0.507 e. The number of hydrogen-bond donors (Lipinski definition) is 6. The van der Waals surface area contributed by atoms with Crippen LogP contribution in [0.25, 0.3) is 22.2 Å². The summed E-state index contributed by atoms with van der Waals surface area (Å²) in [5.74, 6) is -0.0395. The fraction of sp³-hybridized carbons (Fsp3) is 0. The third-order valence-corrected chi connectivity index (χ3v) is 3.53. The van der Waals surface area contributed by atoms with Crippen LogP contribution in [0.1, 0.15) is 11.1 Å². The molecule has 6 nitrogen and oxygen atoms in total. The van der Waals surface area contributed by atoms with Gasteiger partial charge >= 0.3 is 0 Å². The Labute approximate surface area is 126 Å². The molecule has 0 fully saturated rings. The number of hydrogen-bond acceptors (Lipinski definition) is 3. The predicted octanol–water partition coefficient (Wildman–Crippen LogP) is 2.11. The number of phenols is 1. The quantitative estimate of drug-likeness (QED) is 0.326. The second-order valence-electron chi connectivity index (χ2n) is 5.04. The number of H-pyrrole nitrogens is 1. The number of amidine groups is 2. The Balaban J connectivity index is 2.10. The molecule has 0 atom stereocenters. The number of aromatic amines is 1. The van der Waals surface area contributed by atoms with Gasteiger partial charge in [0, 0.05) is 27.6 Å². The summed E-state index contributed by atoms with van der Waals surface area (Å²) in [6.07, 6.45) is 0. The molecule has 0 unspecified atom stereocenters. The first-order valence-corrected chi connectivity index (χ1v) is 6.60. The molecule has 0 aliphatic carbocycles. The van der Waals surface area contributed by atoms with Gasteiger partial charge in [-0.2, -0.15) is 0 Å². The number of aromatic hydroxyl groups is 1. The molecule has 0 bridgehead atoms. The third kappa shape index (κ3) is 2.26. The highest BCUT2D eigenvalue weighted by Crippen LogP contribution is 2.31. The van der Waals surface area contributed by atoms with Gasteiger partial charge in [0.05, 0.1) is 5.69 Å². The van der Waals surface area contributed by atoms with Crippen LogP contribution in [-0.4, -0.2) is 21.8 Å². The monoisotopic (exact) mass is 293 g/mol. The van der Waals surface area contributed by atoms with Crippen LogP contribution < -0.4 is 11.5 Å². The van der Waals surface area contributed by atoms with E-state index in [0.717, 1.165) is 16.6 Å². The van der Waals surface area contributed by atoms with Crippen molar-refractivity contribution in [1.29, 1.82) is 10.8 Å². The van der Waals surface area contributed by atoms with Crippen molar-refractivity contribution in [3.8, 4) is 17.0 Å². The topological polar surface area (TPSA) is 136 Å². The van der Waals surface area contributed by atoms with Crippen molar-refractivity contribution in [3.63, 3.8) is 0 Å². The minimum Gasteiger partial charge on any atom is -0.507 e. The van der Waals surface area contributed by atoms with Crippen molar-refractivity contribution in [3.05, 3.63) is 53.6 Å². The van der Waals surface area contributed by atoms with Crippen molar-refractivity contribution in [1.82, 2.24) is 4.98 Å². The molecule has 1 aromatic heterocycles. The van der Waals surface area contributed by atoms with E-state index in [4.69, 9.17) is 22.3 Å². The molecule has 22 heavy (non-hydrogen) atoms. The zero-order chi connectivity index (χ0) is 15.9. The van der Waals surface area contributed by atoms with E-state index in [0.29, 0.717) is 16.7 Å². The van der Waals surface area contributed by atoms with E-state index in [9.17, 15) is 5.11 Å². The highest BCUT2D eigenvalue weighted by atomic mass is 16.3. The molecule has 1 heterocycles. The molecule has 0 saturated carbocycles. The standard InChI is InChI=1S/C16H15N5O/c17-15(18)9-2-1-8-5-13(21-12(8)6-9)11-4-3-10(16(19)20)7-14(11)22/h1-7,21-22H,(H3,17,18)(H3,19,20). The lowest BCUT2D eigenvalue weighted by Gasteiger charge is -2.04. The van der Waals surface area contributed by atoms with Gasteiger partial charge in [-0.3, -0.25) is 10.8 Å². The Bertz CT molecular complexity index is 910. The molecule has 3 rings (SSSR count). The van der Waals surface area contributed by atoms with Gasteiger partial charge in [-0.25, -0.2) is 0 Å². The minimum absolute atomic E-state index is 0.00621. The predicted molar refractivity (Wildman–Crippen MR) is 87.4 cm³/mol. The molecular weight excluding hydrogens is 278 g/mol. The van der Waals surface area contributed by atoms with Crippen molar-refractivity contribution in [2.45, 2.75) is 0 Å². The van der Waals surface area contributed by atoms with E-state index in [2.05, 4.69) is 4.98 Å². The number of aromatic nitrogens is 1. The molecule has 2 aromatic carbocycles.